The Morgan fingerprint density at radius 2 is 1.57 bits per heavy atom. The maximum atomic E-state index is 5.22. The third-order valence-corrected chi connectivity index (χ3v) is 13.2. The molecule has 0 spiro atoms. The van der Waals surface area contributed by atoms with Crippen molar-refractivity contribution in [3.8, 4) is 6.07 Å². The summed E-state index contributed by atoms with van der Waals surface area (Å²) < 4.78 is 2.08. The zero-order valence-electron chi connectivity index (χ0n) is 24.7. The molecule has 3 atom stereocenters. The van der Waals surface area contributed by atoms with Gasteiger partial charge in [-0.25, -0.2) is 0 Å². The van der Waals surface area contributed by atoms with Gasteiger partial charge in [0.1, 0.15) is 0 Å². The highest BCUT2D eigenvalue weighted by Gasteiger charge is 2.59. The zero-order valence-corrected chi connectivity index (χ0v) is 25.6. The molecule has 214 valence electrons. The third-order valence-electron chi connectivity index (χ3n) is 12.0. The smallest absolute Gasteiger partial charge is 0.307 e. The van der Waals surface area contributed by atoms with E-state index in [9.17, 15) is 0 Å². The zero-order chi connectivity index (χ0) is 27.1. The molecule has 0 radical (unpaired) electrons. The SMILES string of the molecule is CC(NC12CC3CC(CC(C3)C1)C2)c1ccc(C#[N+]C2C3CC4CC2CC(NCc2cnn(C(C)C)c2)(C4)C3)s1. The molecule has 3 unspecified atom stereocenters. The highest BCUT2D eigenvalue weighted by molar-refractivity contribution is 7.12. The van der Waals surface area contributed by atoms with Crippen LogP contribution in [-0.2, 0) is 6.54 Å². The Balaban J connectivity index is 0.913. The molecule has 10 rings (SSSR count). The molecule has 0 aliphatic heterocycles. The average molecular weight is 559 g/mol. The molecule has 8 aliphatic rings. The van der Waals surface area contributed by atoms with Crippen LogP contribution in [0.2, 0.25) is 0 Å². The lowest BCUT2D eigenvalue weighted by atomic mass is 9.51. The molecule has 6 heteroatoms. The molecule has 2 heterocycles. The minimum atomic E-state index is 0.302. The van der Waals surface area contributed by atoms with E-state index < -0.39 is 0 Å². The number of hydrogen-bond acceptors (Lipinski definition) is 4. The van der Waals surface area contributed by atoms with E-state index in [-0.39, 0.29) is 0 Å². The van der Waals surface area contributed by atoms with Crippen LogP contribution >= 0.6 is 11.3 Å². The van der Waals surface area contributed by atoms with E-state index in [4.69, 9.17) is 4.85 Å². The average Bonchev–Trinajstić information content (AvgIpc) is 3.56. The summed E-state index contributed by atoms with van der Waals surface area (Å²) in [4.78, 5) is 7.90. The van der Waals surface area contributed by atoms with E-state index in [1.807, 2.05) is 17.5 Å². The van der Waals surface area contributed by atoms with Crippen molar-refractivity contribution in [3.05, 3.63) is 44.7 Å². The molecule has 40 heavy (non-hydrogen) atoms. The second-order valence-electron chi connectivity index (χ2n) is 15.5. The molecule has 0 saturated heterocycles. The maximum absolute atomic E-state index is 5.22. The van der Waals surface area contributed by atoms with Gasteiger partial charge in [0.25, 0.3) is 6.04 Å². The van der Waals surface area contributed by atoms with Crippen LogP contribution in [0.1, 0.15) is 119 Å². The van der Waals surface area contributed by atoms with Gasteiger partial charge in [0.2, 0.25) is 0 Å². The fraction of sp³-hybridized carbons (Fsp3) is 0.765. The molecule has 2 N–H and O–H groups in total. The highest BCUT2D eigenvalue weighted by Crippen LogP contribution is 2.57. The molecule has 8 saturated carbocycles. The monoisotopic (exact) mass is 558 g/mol. The van der Waals surface area contributed by atoms with Gasteiger partial charge in [-0.3, -0.25) is 4.68 Å². The number of thiophene rings is 1. The summed E-state index contributed by atoms with van der Waals surface area (Å²) in [6.07, 6.45) is 19.7. The van der Waals surface area contributed by atoms with E-state index in [0.29, 0.717) is 41.0 Å². The van der Waals surface area contributed by atoms with E-state index in [1.54, 1.807) is 0 Å². The van der Waals surface area contributed by atoms with Crippen LogP contribution in [0.3, 0.4) is 0 Å². The van der Waals surface area contributed by atoms with Gasteiger partial charge < -0.3 is 10.6 Å². The molecule has 8 aliphatic carbocycles. The second-order valence-corrected chi connectivity index (χ2v) is 16.6. The van der Waals surface area contributed by atoms with Gasteiger partial charge in [-0.1, -0.05) is 4.85 Å². The highest BCUT2D eigenvalue weighted by atomic mass is 32.1. The summed E-state index contributed by atoms with van der Waals surface area (Å²) in [5.74, 6) is 5.26. The standard InChI is InChI=1S/C34H48N5S/c1-21(2)39-20-27(18-37-39)17-36-33-11-26-9-28(15-33)32(29(10-26)16-33)35-19-30-4-5-31(40-30)22(3)38-34-12-23-6-24(13-34)8-25(7-23)14-34/h4-5,18,20-26,28-29,32,36,38H,6-17H2,1-3H3/q+1. The molecular formula is C34H48N5S+. The first-order chi connectivity index (χ1) is 19.3. The molecule has 0 aromatic carbocycles. The minimum Gasteiger partial charge on any atom is -0.307 e. The normalized spacial score (nSPS) is 41.5. The van der Waals surface area contributed by atoms with Crippen molar-refractivity contribution in [3.63, 3.8) is 0 Å². The van der Waals surface area contributed by atoms with E-state index in [1.165, 1.54) is 85.9 Å². The van der Waals surface area contributed by atoms with Gasteiger partial charge in [0, 0.05) is 58.2 Å². The maximum Gasteiger partial charge on any atom is 0.322 e. The van der Waals surface area contributed by atoms with Crippen LogP contribution in [0, 0.1) is 41.6 Å². The Labute approximate surface area is 244 Å². The summed E-state index contributed by atoms with van der Waals surface area (Å²) in [5.41, 5.74) is 2.03. The van der Waals surface area contributed by atoms with Crippen LogP contribution in [-0.4, -0.2) is 26.9 Å². The molecule has 2 aromatic heterocycles. The molecule has 0 amide bonds. The predicted molar refractivity (Wildman–Crippen MR) is 163 cm³/mol. The van der Waals surface area contributed by atoms with Crippen molar-refractivity contribution in [1.29, 1.82) is 0 Å². The molecule has 2 aromatic rings. The van der Waals surface area contributed by atoms with Gasteiger partial charge in [0.15, 0.2) is 4.88 Å². The Kier molecular flexibility index (Phi) is 6.29. The predicted octanol–water partition coefficient (Wildman–Crippen LogP) is 7.56. The van der Waals surface area contributed by atoms with E-state index >= 15 is 0 Å². The van der Waals surface area contributed by atoms with Crippen LogP contribution < -0.4 is 10.6 Å². The Morgan fingerprint density at radius 1 is 0.925 bits per heavy atom. The summed E-state index contributed by atoms with van der Waals surface area (Å²) in [7, 11) is 0. The lowest BCUT2D eigenvalue weighted by molar-refractivity contribution is -0.0259. The van der Waals surface area contributed by atoms with Crippen LogP contribution in [0.5, 0.6) is 0 Å². The lowest BCUT2D eigenvalue weighted by Gasteiger charge is -2.57. The summed E-state index contributed by atoms with van der Waals surface area (Å²) in [6, 6.07) is 9.51. The number of nitrogens with zero attached hydrogens (tertiary/aromatic N) is 3. The van der Waals surface area contributed by atoms with Gasteiger partial charge in [-0.2, -0.15) is 5.10 Å². The molecule has 5 nitrogen and oxygen atoms in total. The van der Waals surface area contributed by atoms with Crippen molar-refractivity contribution < 1.29 is 0 Å². The summed E-state index contributed by atoms with van der Waals surface area (Å²) in [5, 5.41) is 12.8. The molecule has 8 bridgehead atoms. The van der Waals surface area contributed by atoms with Gasteiger partial charge in [0.05, 0.1) is 6.20 Å². The van der Waals surface area contributed by atoms with Gasteiger partial charge >= 0.3 is 6.07 Å². The number of nitrogens with one attached hydrogen (secondary N) is 2. The lowest BCUT2D eigenvalue weighted by Crippen LogP contribution is -2.61. The van der Waals surface area contributed by atoms with E-state index in [2.05, 4.69) is 65.6 Å². The van der Waals surface area contributed by atoms with Crippen molar-refractivity contribution in [2.24, 2.45) is 35.5 Å². The third kappa shape index (κ3) is 4.69. The molecule has 8 fully saturated rings. The van der Waals surface area contributed by atoms with Crippen molar-refractivity contribution in [2.45, 2.75) is 127 Å². The first-order valence-electron chi connectivity index (χ1n) is 16.4. The van der Waals surface area contributed by atoms with Gasteiger partial charge in [-0.05, 0) is 127 Å². The van der Waals surface area contributed by atoms with Crippen molar-refractivity contribution in [2.75, 3.05) is 0 Å². The fourth-order valence-corrected chi connectivity index (χ4v) is 11.9. The minimum absolute atomic E-state index is 0.302. The summed E-state index contributed by atoms with van der Waals surface area (Å²) >= 11 is 1.92. The van der Waals surface area contributed by atoms with Crippen LogP contribution in [0.25, 0.3) is 4.85 Å². The first kappa shape index (κ1) is 26.0. The molecular weight excluding hydrogens is 510 g/mol. The Bertz CT molecular complexity index is 1260. The number of aromatic nitrogens is 2. The number of rotatable bonds is 7. The van der Waals surface area contributed by atoms with Gasteiger partial charge in [-0.15, -0.1) is 11.3 Å². The second kappa shape index (κ2) is 9.68. The topological polar surface area (TPSA) is 46.2 Å². The van der Waals surface area contributed by atoms with Crippen LogP contribution in [0.4, 0.5) is 0 Å². The number of hydrogen-bond donors (Lipinski definition) is 2. The first-order valence-corrected chi connectivity index (χ1v) is 17.3. The van der Waals surface area contributed by atoms with Crippen molar-refractivity contribution >= 4 is 11.3 Å². The van der Waals surface area contributed by atoms with Crippen molar-refractivity contribution in [1.82, 2.24) is 20.4 Å². The van der Waals surface area contributed by atoms with E-state index in [0.717, 1.165) is 30.2 Å². The largest absolute Gasteiger partial charge is 0.322 e. The summed E-state index contributed by atoms with van der Waals surface area (Å²) in [6.45, 7) is 7.72. The van der Waals surface area contributed by atoms with Crippen LogP contribution in [0.15, 0.2) is 24.5 Å². The Morgan fingerprint density at radius 3 is 2.23 bits per heavy atom. The Hall–Kier alpha value is -1.68. The fourth-order valence-electron chi connectivity index (χ4n) is 11.1. The quantitative estimate of drug-likeness (QED) is 0.369.